The van der Waals surface area contributed by atoms with Gasteiger partial charge in [0.15, 0.2) is 0 Å². The van der Waals surface area contributed by atoms with Gasteiger partial charge in [0.2, 0.25) is 5.79 Å². The van der Waals surface area contributed by atoms with Crippen molar-refractivity contribution in [2.75, 3.05) is 0 Å². The van der Waals surface area contributed by atoms with Crippen molar-refractivity contribution in [1.29, 1.82) is 0 Å². The van der Waals surface area contributed by atoms with E-state index in [0.29, 0.717) is 5.75 Å². The highest BCUT2D eigenvalue weighted by molar-refractivity contribution is 5.71. The van der Waals surface area contributed by atoms with Crippen LogP contribution < -0.4 is 10.5 Å². The number of hydroxylamine groups is 2. The SMILES string of the molecule is CC(F)(C=Cc1ccc(Oc2ccc(F)cc2)o1)N(O)C(N)=O. The maximum atomic E-state index is 14.0. The molecule has 1 atom stereocenters. The first-order valence-corrected chi connectivity index (χ1v) is 6.48. The summed E-state index contributed by atoms with van der Waals surface area (Å²) in [4.78, 5) is 10.7. The van der Waals surface area contributed by atoms with E-state index in [0.717, 1.165) is 13.0 Å². The third kappa shape index (κ3) is 4.30. The summed E-state index contributed by atoms with van der Waals surface area (Å²) in [6, 6.07) is 6.92. The van der Waals surface area contributed by atoms with E-state index in [9.17, 15) is 18.8 Å². The summed E-state index contributed by atoms with van der Waals surface area (Å²) in [5.74, 6) is -2.22. The van der Waals surface area contributed by atoms with Gasteiger partial charge in [-0.1, -0.05) is 0 Å². The fourth-order valence-electron chi connectivity index (χ4n) is 1.62. The predicted octanol–water partition coefficient (Wildman–Crippen LogP) is 3.68. The second-order valence-corrected chi connectivity index (χ2v) is 4.72. The zero-order valence-corrected chi connectivity index (χ0v) is 12.1. The minimum Gasteiger partial charge on any atom is -0.426 e. The van der Waals surface area contributed by atoms with Crippen LogP contribution in [0.1, 0.15) is 12.7 Å². The molecule has 2 amide bonds. The molecule has 0 saturated carbocycles. The second kappa shape index (κ2) is 6.49. The Balaban J connectivity index is 2.06. The number of hydrogen-bond donors (Lipinski definition) is 2. The van der Waals surface area contributed by atoms with Gasteiger partial charge in [-0.25, -0.2) is 13.6 Å². The largest absolute Gasteiger partial charge is 0.426 e. The highest BCUT2D eigenvalue weighted by Crippen LogP contribution is 2.25. The molecule has 23 heavy (non-hydrogen) atoms. The van der Waals surface area contributed by atoms with Crippen LogP contribution in [0, 0.1) is 5.82 Å². The van der Waals surface area contributed by atoms with Crippen molar-refractivity contribution in [2.45, 2.75) is 12.7 Å². The summed E-state index contributed by atoms with van der Waals surface area (Å²) < 4.78 is 37.4. The van der Waals surface area contributed by atoms with Gasteiger partial charge in [0.05, 0.1) is 0 Å². The number of halogens is 2. The molecule has 0 aliphatic rings. The summed E-state index contributed by atoms with van der Waals surface area (Å²) in [6.45, 7) is 0.938. The molecule has 1 heterocycles. The molecule has 8 heteroatoms. The number of nitrogens with zero attached hydrogens (tertiary/aromatic N) is 1. The molecule has 1 unspecified atom stereocenters. The molecule has 0 bridgehead atoms. The van der Waals surface area contributed by atoms with Crippen molar-refractivity contribution in [3.05, 3.63) is 54.1 Å². The molecule has 0 radical (unpaired) electrons. The highest BCUT2D eigenvalue weighted by Gasteiger charge is 2.30. The number of rotatable bonds is 5. The van der Waals surface area contributed by atoms with Crippen molar-refractivity contribution in [3.63, 3.8) is 0 Å². The van der Waals surface area contributed by atoms with Crippen LogP contribution in [-0.4, -0.2) is 22.1 Å². The smallest absolute Gasteiger partial charge is 0.341 e. The number of hydrogen-bond acceptors (Lipinski definition) is 4. The van der Waals surface area contributed by atoms with E-state index in [1.165, 1.54) is 42.5 Å². The highest BCUT2D eigenvalue weighted by atomic mass is 19.1. The quantitative estimate of drug-likeness (QED) is 0.499. The van der Waals surface area contributed by atoms with Crippen LogP contribution in [0.4, 0.5) is 13.6 Å². The Morgan fingerprint density at radius 2 is 2.00 bits per heavy atom. The van der Waals surface area contributed by atoms with E-state index in [4.69, 9.17) is 14.9 Å². The lowest BCUT2D eigenvalue weighted by molar-refractivity contribution is -0.149. The van der Waals surface area contributed by atoms with E-state index < -0.39 is 17.6 Å². The molecule has 1 aromatic carbocycles. The fourth-order valence-corrected chi connectivity index (χ4v) is 1.62. The number of amides is 2. The summed E-state index contributed by atoms with van der Waals surface area (Å²) >= 11 is 0. The van der Waals surface area contributed by atoms with Gasteiger partial charge in [-0.2, -0.15) is 5.06 Å². The van der Waals surface area contributed by atoms with E-state index in [-0.39, 0.29) is 16.8 Å². The first-order chi connectivity index (χ1) is 10.8. The fraction of sp³-hybridized carbons (Fsp3) is 0.133. The summed E-state index contributed by atoms with van der Waals surface area (Å²) in [5, 5.41) is 8.95. The van der Waals surface area contributed by atoms with Crippen LogP contribution in [0.2, 0.25) is 0 Å². The van der Waals surface area contributed by atoms with Gasteiger partial charge in [0.1, 0.15) is 17.3 Å². The maximum Gasteiger partial charge on any atom is 0.341 e. The van der Waals surface area contributed by atoms with E-state index in [1.807, 2.05) is 0 Å². The van der Waals surface area contributed by atoms with Crippen LogP contribution in [0.15, 0.2) is 46.9 Å². The number of urea groups is 1. The van der Waals surface area contributed by atoms with E-state index in [1.54, 1.807) is 0 Å². The van der Waals surface area contributed by atoms with Crippen molar-refractivity contribution >= 4 is 12.1 Å². The Bertz CT molecular complexity index is 711. The van der Waals surface area contributed by atoms with Gasteiger partial charge >= 0.3 is 6.03 Å². The van der Waals surface area contributed by atoms with E-state index in [2.05, 4.69) is 0 Å². The Labute approximate surface area is 130 Å². The van der Waals surface area contributed by atoms with Crippen molar-refractivity contribution in [1.82, 2.24) is 5.06 Å². The summed E-state index contributed by atoms with van der Waals surface area (Å²) in [5.41, 5.74) is 4.78. The minimum absolute atomic E-state index is 0.104. The monoisotopic (exact) mass is 324 g/mol. The Morgan fingerprint density at radius 3 is 2.61 bits per heavy atom. The molecular formula is C15H14F2N2O4. The van der Waals surface area contributed by atoms with Crippen molar-refractivity contribution < 1.29 is 27.9 Å². The molecule has 0 aliphatic carbocycles. The number of nitrogens with two attached hydrogens (primary N) is 1. The second-order valence-electron chi connectivity index (χ2n) is 4.72. The number of primary amides is 1. The van der Waals surface area contributed by atoms with Gasteiger partial charge in [-0.3, -0.25) is 5.21 Å². The Morgan fingerprint density at radius 1 is 1.35 bits per heavy atom. The third-order valence-electron chi connectivity index (χ3n) is 2.81. The van der Waals surface area contributed by atoms with Crippen LogP contribution >= 0.6 is 0 Å². The van der Waals surface area contributed by atoms with E-state index >= 15 is 0 Å². The average molecular weight is 324 g/mol. The lowest BCUT2D eigenvalue weighted by Gasteiger charge is -2.24. The van der Waals surface area contributed by atoms with Crippen LogP contribution in [0.5, 0.6) is 11.7 Å². The van der Waals surface area contributed by atoms with Crippen LogP contribution in [-0.2, 0) is 0 Å². The zero-order valence-electron chi connectivity index (χ0n) is 12.1. The van der Waals surface area contributed by atoms with Gasteiger partial charge in [0, 0.05) is 6.07 Å². The number of carbonyl (C=O) groups excluding carboxylic acids is 1. The first kappa shape index (κ1) is 16.5. The molecule has 122 valence electrons. The van der Waals surface area contributed by atoms with Crippen molar-refractivity contribution in [2.24, 2.45) is 5.73 Å². The molecule has 0 aliphatic heterocycles. The number of furan rings is 1. The van der Waals surface area contributed by atoms with Gasteiger partial charge < -0.3 is 14.9 Å². The maximum absolute atomic E-state index is 14.0. The number of ether oxygens (including phenoxy) is 1. The topological polar surface area (TPSA) is 88.9 Å². The molecule has 0 saturated heterocycles. The summed E-state index contributed by atoms with van der Waals surface area (Å²) in [6.07, 6.45) is 2.09. The normalized spacial score (nSPS) is 13.7. The van der Waals surface area contributed by atoms with Gasteiger partial charge in [-0.05, 0) is 49.4 Å². The lowest BCUT2D eigenvalue weighted by atomic mass is 10.2. The molecule has 2 aromatic rings. The third-order valence-corrected chi connectivity index (χ3v) is 2.81. The average Bonchev–Trinajstić information content (AvgIpc) is 2.94. The Kier molecular flexibility index (Phi) is 4.65. The molecule has 3 N–H and O–H groups in total. The number of benzene rings is 1. The molecule has 6 nitrogen and oxygen atoms in total. The zero-order chi connectivity index (χ0) is 17.0. The molecule has 0 spiro atoms. The molecular weight excluding hydrogens is 310 g/mol. The standard InChI is InChI=1S/C15H14F2N2O4/c1-15(17,19(21)14(18)20)9-8-12-6-7-13(23-12)22-11-4-2-10(16)3-5-11/h2-9,21H,1H3,(H2,18,20). The van der Waals surface area contributed by atoms with Crippen molar-refractivity contribution in [3.8, 4) is 11.7 Å². The molecule has 0 fully saturated rings. The van der Waals surface area contributed by atoms with Crippen LogP contribution in [0.3, 0.4) is 0 Å². The number of carbonyl (C=O) groups is 1. The van der Waals surface area contributed by atoms with Gasteiger partial charge in [0.25, 0.3) is 5.95 Å². The predicted molar refractivity (Wildman–Crippen MR) is 76.9 cm³/mol. The lowest BCUT2D eigenvalue weighted by Crippen LogP contribution is -2.45. The number of alkyl halides is 1. The summed E-state index contributed by atoms with van der Waals surface area (Å²) in [7, 11) is 0. The van der Waals surface area contributed by atoms with Crippen LogP contribution in [0.25, 0.3) is 6.08 Å². The van der Waals surface area contributed by atoms with Gasteiger partial charge in [-0.15, -0.1) is 0 Å². The molecule has 1 aromatic heterocycles. The minimum atomic E-state index is -2.50. The first-order valence-electron chi connectivity index (χ1n) is 6.48. The Hall–Kier alpha value is -2.87. The molecule has 2 rings (SSSR count).